The summed E-state index contributed by atoms with van der Waals surface area (Å²) in [6.07, 6.45) is 0. The number of benzene rings is 2. The molecule has 4 nitrogen and oxygen atoms in total. The van der Waals surface area contributed by atoms with Crippen molar-refractivity contribution in [1.82, 2.24) is 9.78 Å². The van der Waals surface area contributed by atoms with Crippen LogP contribution in [-0.2, 0) is 0 Å². The van der Waals surface area contributed by atoms with Gasteiger partial charge in [-0.15, -0.1) is 0 Å². The second-order valence-corrected chi connectivity index (χ2v) is 5.84. The van der Waals surface area contributed by atoms with Crippen molar-refractivity contribution in [3.05, 3.63) is 76.3 Å². The van der Waals surface area contributed by atoms with Crippen LogP contribution in [0.1, 0.15) is 21.7 Å². The molecule has 0 saturated carbocycles. The Kier molecular flexibility index (Phi) is 4.36. The fourth-order valence-corrected chi connectivity index (χ4v) is 2.73. The average molecular weight is 344 g/mol. The summed E-state index contributed by atoms with van der Waals surface area (Å²) < 4.78 is 15.6. The summed E-state index contributed by atoms with van der Waals surface area (Å²) in [5.41, 5.74) is 3.20. The van der Waals surface area contributed by atoms with Gasteiger partial charge in [-0.1, -0.05) is 17.7 Å². The zero-order chi connectivity index (χ0) is 17.3. The van der Waals surface area contributed by atoms with Crippen LogP contribution in [0.25, 0.3) is 5.69 Å². The Balaban J connectivity index is 1.82. The van der Waals surface area contributed by atoms with E-state index in [4.69, 9.17) is 11.6 Å². The molecule has 3 aromatic rings. The minimum absolute atomic E-state index is 0.0757. The molecule has 1 aromatic heterocycles. The van der Waals surface area contributed by atoms with E-state index in [1.807, 2.05) is 36.7 Å². The first-order valence-electron chi connectivity index (χ1n) is 7.35. The van der Waals surface area contributed by atoms with Crippen LogP contribution < -0.4 is 5.32 Å². The number of anilines is 1. The molecule has 122 valence electrons. The van der Waals surface area contributed by atoms with Gasteiger partial charge in [-0.2, -0.15) is 5.10 Å². The van der Waals surface area contributed by atoms with Gasteiger partial charge in [0.1, 0.15) is 5.82 Å². The Bertz CT molecular complexity index is 883. The normalized spacial score (nSPS) is 10.7. The standard InChI is InChI=1S/C18H15ClFN3O/c1-11-10-12(2)23(22-11)14-8-6-13(7-9-14)21-18(24)17-15(19)4-3-5-16(17)20/h3-10H,1-2H3,(H,21,24). The van der Waals surface area contributed by atoms with Crippen molar-refractivity contribution in [2.24, 2.45) is 0 Å². The zero-order valence-electron chi connectivity index (χ0n) is 13.2. The van der Waals surface area contributed by atoms with Crippen molar-refractivity contribution in [3.63, 3.8) is 0 Å². The van der Waals surface area contributed by atoms with E-state index in [-0.39, 0.29) is 10.6 Å². The molecular formula is C18H15ClFN3O. The Morgan fingerprint density at radius 3 is 2.46 bits per heavy atom. The fraction of sp³-hybridized carbons (Fsp3) is 0.111. The molecule has 1 heterocycles. The highest BCUT2D eigenvalue weighted by Crippen LogP contribution is 2.21. The number of rotatable bonds is 3. The Labute approximate surface area is 143 Å². The molecule has 0 aliphatic rings. The highest BCUT2D eigenvalue weighted by atomic mass is 35.5. The molecule has 3 rings (SSSR count). The Morgan fingerprint density at radius 2 is 1.88 bits per heavy atom. The van der Waals surface area contributed by atoms with Crippen LogP contribution in [0.5, 0.6) is 0 Å². The van der Waals surface area contributed by atoms with Crippen LogP contribution in [0.3, 0.4) is 0 Å². The summed E-state index contributed by atoms with van der Waals surface area (Å²) in [5, 5.41) is 7.13. The smallest absolute Gasteiger partial charge is 0.260 e. The summed E-state index contributed by atoms with van der Waals surface area (Å²) in [6.45, 7) is 3.89. The number of hydrogen-bond acceptors (Lipinski definition) is 2. The van der Waals surface area contributed by atoms with Gasteiger partial charge in [0.05, 0.1) is 22.0 Å². The number of aromatic nitrogens is 2. The van der Waals surface area contributed by atoms with Crippen LogP contribution in [0, 0.1) is 19.7 Å². The van der Waals surface area contributed by atoms with Crippen LogP contribution >= 0.6 is 11.6 Å². The van der Waals surface area contributed by atoms with Gasteiger partial charge in [0.25, 0.3) is 5.91 Å². The molecule has 6 heteroatoms. The molecule has 1 N–H and O–H groups in total. The highest BCUT2D eigenvalue weighted by Gasteiger charge is 2.15. The number of amides is 1. The summed E-state index contributed by atoms with van der Waals surface area (Å²) in [6, 6.07) is 13.2. The third-order valence-corrected chi connectivity index (χ3v) is 3.88. The number of carbonyl (C=O) groups excluding carboxylic acids is 1. The second kappa shape index (κ2) is 6.45. The van der Waals surface area contributed by atoms with E-state index in [0.29, 0.717) is 5.69 Å². The molecule has 0 bridgehead atoms. The van der Waals surface area contributed by atoms with E-state index in [9.17, 15) is 9.18 Å². The van der Waals surface area contributed by atoms with Crippen LogP contribution in [0.2, 0.25) is 5.02 Å². The van der Waals surface area contributed by atoms with Gasteiger partial charge < -0.3 is 5.32 Å². The first kappa shape index (κ1) is 16.2. The first-order chi connectivity index (χ1) is 11.5. The predicted molar refractivity (Wildman–Crippen MR) is 92.4 cm³/mol. The van der Waals surface area contributed by atoms with Crippen LogP contribution in [0.15, 0.2) is 48.5 Å². The van der Waals surface area contributed by atoms with Gasteiger partial charge in [-0.25, -0.2) is 9.07 Å². The van der Waals surface area contributed by atoms with Gasteiger partial charge in [0.15, 0.2) is 0 Å². The van der Waals surface area contributed by atoms with Crippen molar-refractivity contribution in [3.8, 4) is 5.69 Å². The van der Waals surface area contributed by atoms with Gasteiger partial charge in [0, 0.05) is 11.4 Å². The summed E-state index contributed by atoms with van der Waals surface area (Å²) >= 11 is 5.90. The van der Waals surface area contributed by atoms with E-state index in [1.54, 1.807) is 12.1 Å². The lowest BCUT2D eigenvalue weighted by Gasteiger charge is -2.09. The predicted octanol–water partition coefficient (Wildman–Crippen LogP) is 4.53. The molecule has 0 saturated heterocycles. The lowest BCUT2D eigenvalue weighted by atomic mass is 10.2. The SMILES string of the molecule is Cc1cc(C)n(-c2ccc(NC(=O)c3c(F)cccc3Cl)cc2)n1. The first-order valence-corrected chi connectivity index (χ1v) is 7.72. The van der Waals surface area contributed by atoms with Crippen molar-refractivity contribution < 1.29 is 9.18 Å². The summed E-state index contributed by atoms with van der Waals surface area (Å²) in [5.74, 6) is -1.24. The molecular weight excluding hydrogens is 329 g/mol. The number of halogens is 2. The second-order valence-electron chi connectivity index (χ2n) is 5.44. The molecule has 0 atom stereocenters. The Hall–Kier alpha value is -2.66. The molecule has 1 amide bonds. The number of aryl methyl sites for hydroxylation is 2. The molecule has 0 radical (unpaired) electrons. The van der Waals surface area contributed by atoms with Gasteiger partial charge >= 0.3 is 0 Å². The minimum Gasteiger partial charge on any atom is -0.322 e. The third kappa shape index (κ3) is 3.16. The molecule has 0 fully saturated rings. The largest absolute Gasteiger partial charge is 0.322 e. The monoisotopic (exact) mass is 343 g/mol. The van der Waals surface area contributed by atoms with Crippen molar-refractivity contribution in [2.75, 3.05) is 5.32 Å². The van der Waals surface area contributed by atoms with E-state index in [2.05, 4.69) is 10.4 Å². The maximum Gasteiger partial charge on any atom is 0.260 e. The minimum atomic E-state index is -0.653. The topological polar surface area (TPSA) is 46.9 Å². The quantitative estimate of drug-likeness (QED) is 0.759. The van der Waals surface area contributed by atoms with E-state index in [1.165, 1.54) is 18.2 Å². The third-order valence-electron chi connectivity index (χ3n) is 3.57. The lowest BCUT2D eigenvalue weighted by Crippen LogP contribution is -2.14. The average Bonchev–Trinajstić information content (AvgIpc) is 2.86. The lowest BCUT2D eigenvalue weighted by molar-refractivity contribution is 0.102. The fourth-order valence-electron chi connectivity index (χ4n) is 2.48. The molecule has 0 unspecified atom stereocenters. The number of hydrogen-bond donors (Lipinski definition) is 1. The van der Waals surface area contributed by atoms with Gasteiger partial charge in [0.2, 0.25) is 0 Å². The molecule has 24 heavy (non-hydrogen) atoms. The number of carbonyl (C=O) groups is 1. The molecule has 2 aromatic carbocycles. The van der Waals surface area contributed by atoms with Gasteiger partial charge in [-0.3, -0.25) is 4.79 Å². The molecule has 0 spiro atoms. The Morgan fingerprint density at radius 1 is 1.17 bits per heavy atom. The van der Waals surface area contributed by atoms with Crippen molar-refractivity contribution >= 4 is 23.2 Å². The van der Waals surface area contributed by atoms with Crippen molar-refractivity contribution in [1.29, 1.82) is 0 Å². The maximum atomic E-state index is 13.8. The van der Waals surface area contributed by atoms with Crippen molar-refractivity contribution in [2.45, 2.75) is 13.8 Å². The highest BCUT2D eigenvalue weighted by molar-refractivity contribution is 6.34. The van der Waals surface area contributed by atoms with E-state index in [0.717, 1.165) is 17.1 Å². The zero-order valence-corrected chi connectivity index (χ0v) is 13.9. The maximum absolute atomic E-state index is 13.8. The van der Waals surface area contributed by atoms with Crippen LogP contribution in [-0.4, -0.2) is 15.7 Å². The number of nitrogens with one attached hydrogen (secondary N) is 1. The van der Waals surface area contributed by atoms with Gasteiger partial charge in [-0.05, 0) is 56.3 Å². The number of nitrogens with zero attached hydrogens (tertiary/aromatic N) is 2. The summed E-state index contributed by atoms with van der Waals surface area (Å²) in [7, 11) is 0. The molecule has 0 aliphatic heterocycles. The van der Waals surface area contributed by atoms with Crippen LogP contribution in [0.4, 0.5) is 10.1 Å². The summed E-state index contributed by atoms with van der Waals surface area (Å²) in [4.78, 5) is 12.2. The van der Waals surface area contributed by atoms with E-state index >= 15 is 0 Å². The van der Waals surface area contributed by atoms with E-state index < -0.39 is 11.7 Å². The molecule has 0 aliphatic carbocycles.